The van der Waals surface area contributed by atoms with E-state index in [0.29, 0.717) is 6.42 Å². The van der Waals surface area contributed by atoms with E-state index in [9.17, 15) is 14.4 Å². The first-order valence-corrected chi connectivity index (χ1v) is 6.39. The summed E-state index contributed by atoms with van der Waals surface area (Å²) in [6, 6.07) is -1.05. The molecule has 0 aliphatic carbocycles. The van der Waals surface area contributed by atoms with E-state index in [1.165, 1.54) is 0 Å². The molecule has 0 rings (SSSR count). The molecule has 0 spiro atoms. The highest BCUT2D eigenvalue weighted by molar-refractivity contribution is 5.84. The van der Waals surface area contributed by atoms with E-state index >= 15 is 0 Å². The lowest BCUT2D eigenvalue weighted by molar-refractivity contribution is -0.155. The second kappa shape index (κ2) is 7.76. The van der Waals surface area contributed by atoms with E-state index in [2.05, 4.69) is 5.32 Å². The van der Waals surface area contributed by atoms with Crippen molar-refractivity contribution in [3.8, 4) is 0 Å². The van der Waals surface area contributed by atoms with Crippen molar-refractivity contribution in [2.24, 2.45) is 0 Å². The van der Waals surface area contributed by atoms with Crippen LogP contribution in [0.15, 0.2) is 0 Å². The average molecular weight is 273 g/mol. The van der Waals surface area contributed by atoms with Crippen LogP contribution in [0.4, 0.5) is 0 Å². The Hall–Kier alpha value is -1.59. The molecular formula is C13H23NO5. The normalized spacial score (nSPS) is 12.6. The first kappa shape index (κ1) is 17.4. The van der Waals surface area contributed by atoms with Crippen molar-refractivity contribution in [3.05, 3.63) is 0 Å². The minimum absolute atomic E-state index is 0.0275. The fraction of sp³-hybridized carbons (Fsp3) is 0.769. The molecule has 6 heteroatoms. The van der Waals surface area contributed by atoms with Gasteiger partial charge in [0.25, 0.3) is 0 Å². The lowest BCUT2D eigenvalue weighted by Crippen LogP contribution is -2.41. The molecule has 0 aliphatic rings. The van der Waals surface area contributed by atoms with Crippen molar-refractivity contribution < 1.29 is 24.2 Å². The average Bonchev–Trinajstić information content (AvgIpc) is 2.21. The molecule has 0 heterocycles. The predicted octanol–water partition coefficient (Wildman–Crippen LogP) is 1.48. The zero-order chi connectivity index (χ0) is 15.1. The van der Waals surface area contributed by atoms with Crippen molar-refractivity contribution in [3.63, 3.8) is 0 Å². The van der Waals surface area contributed by atoms with E-state index in [1.807, 2.05) is 6.92 Å². The molecule has 0 aromatic carbocycles. The summed E-state index contributed by atoms with van der Waals surface area (Å²) in [7, 11) is 0. The van der Waals surface area contributed by atoms with E-state index in [0.717, 1.165) is 0 Å². The molecule has 0 fully saturated rings. The monoisotopic (exact) mass is 273 g/mol. The molecule has 1 atom stereocenters. The summed E-state index contributed by atoms with van der Waals surface area (Å²) in [5.41, 5.74) is -0.596. The number of esters is 1. The van der Waals surface area contributed by atoms with Crippen LogP contribution in [0.2, 0.25) is 0 Å². The Bertz CT molecular complexity index is 332. The van der Waals surface area contributed by atoms with Crippen LogP contribution in [0.1, 0.15) is 53.4 Å². The van der Waals surface area contributed by atoms with Gasteiger partial charge in [-0.15, -0.1) is 0 Å². The maximum atomic E-state index is 11.5. The van der Waals surface area contributed by atoms with Crippen LogP contribution in [0, 0.1) is 0 Å². The fourth-order valence-corrected chi connectivity index (χ4v) is 1.41. The molecule has 0 saturated heterocycles. The predicted molar refractivity (Wildman–Crippen MR) is 69.6 cm³/mol. The van der Waals surface area contributed by atoms with Crippen LogP contribution in [0.3, 0.4) is 0 Å². The highest BCUT2D eigenvalue weighted by Gasteiger charge is 2.22. The first-order chi connectivity index (χ1) is 8.65. The molecule has 0 radical (unpaired) electrons. The molecule has 0 saturated carbocycles. The summed E-state index contributed by atoms with van der Waals surface area (Å²) in [5.74, 6) is -1.93. The Morgan fingerprint density at radius 3 is 2.21 bits per heavy atom. The molecule has 0 bridgehead atoms. The van der Waals surface area contributed by atoms with Crippen LogP contribution in [0.5, 0.6) is 0 Å². The molecule has 19 heavy (non-hydrogen) atoms. The van der Waals surface area contributed by atoms with E-state index in [1.54, 1.807) is 20.8 Å². The summed E-state index contributed by atoms with van der Waals surface area (Å²) < 4.78 is 5.08. The summed E-state index contributed by atoms with van der Waals surface area (Å²) in [5, 5.41) is 11.4. The van der Waals surface area contributed by atoms with Gasteiger partial charge in [0, 0.05) is 12.8 Å². The van der Waals surface area contributed by atoms with Gasteiger partial charge in [0.05, 0.1) is 0 Å². The van der Waals surface area contributed by atoms with Crippen LogP contribution in [0.25, 0.3) is 0 Å². The first-order valence-electron chi connectivity index (χ1n) is 6.39. The van der Waals surface area contributed by atoms with Gasteiger partial charge in [0.1, 0.15) is 11.6 Å². The number of hydrogen-bond acceptors (Lipinski definition) is 4. The smallest absolute Gasteiger partial charge is 0.326 e. The number of carboxylic acids is 1. The lowest BCUT2D eigenvalue weighted by Gasteiger charge is -2.20. The van der Waals surface area contributed by atoms with Crippen LogP contribution < -0.4 is 5.32 Å². The third-order valence-corrected chi connectivity index (χ3v) is 2.17. The quantitative estimate of drug-likeness (QED) is 0.685. The van der Waals surface area contributed by atoms with Gasteiger partial charge >= 0.3 is 11.9 Å². The number of ether oxygens (including phenoxy) is 1. The molecule has 0 aromatic heterocycles. The van der Waals surface area contributed by atoms with Crippen molar-refractivity contribution >= 4 is 17.8 Å². The Balaban J connectivity index is 4.26. The molecular weight excluding hydrogens is 250 g/mol. The van der Waals surface area contributed by atoms with Crippen LogP contribution >= 0.6 is 0 Å². The Morgan fingerprint density at radius 2 is 1.79 bits per heavy atom. The number of carbonyl (C=O) groups excluding carboxylic acids is 2. The second-order valence-corrected chi connectivity index (χ2v) is 5.33. The topological polar surface area (TPSA) is 92.7 Å². The minimum Gasteiger partial charge on any atom is -0.480 e. The Labute approximate surface area is 113 Å². The summed E-state index contributed by atoms with van der Waals surface area (Å²) in [6.07, 6.45) is 0.904. The highest BCUT2D eigenvalue weighted by atomic mass is 16.6. The number of hydrogen-bond donors (Lipinski definition) is 2. The zero-order valence-corrected chi connectivity index (χ0v) is 12.0. The van der Waals surface area contributed by atoms with Gasteiger partial charge in [-0.05, 0) is 33.6 Å². The molecule has 0 aliphatic heterocycles. The summed E-state index contributed by atoms with van der Waals surface area (Å²) in [6.45, 7) is 7.05. The number of aliphatic carboxylic acids is 1. The molecule has 1 amide bonds. The maximum absolute atomic E-state index is 11.5. The number of carbonyl (C=O) groups is 3. The number of amides is 1. The second-order valence-electron chi connectivity index (χ2n) is 5.33. The Morgan fingerprint density at radius 1 is 1.21 bits per heavy atom. The van der Waals surface area contributed by atoms with Gasteiger partial charge in [-0.2, -0.15) is 0 Å². The minimum atomic E-state index is -1.15. The van der Waals surface area contributed by atoms with Gasteiger partial charge in [-0.25, -0.2) is 4.79 Å². The van der Waals surface area contributed by atoms with Gasteiger partial charge in [0.2, 0.25) is 5.91 Å². The Kier molecular flexibility index (Phi) is 7.11. The molecule has 110 valence electrons. The molecule has 0 aromatic rings. The molecule has 0 unspecified atom stereocenters. The van der Waals surface area contributed by atoms with Crippen molar-refractivity contribution in [2.75, 3.05) is 0 Å². The number of nitrogens with one attached hydrogen (secondary N) is 1. The zero-order valence-electron chi connectivity index (χ0n) is 12.0. The standard InChI is InChI=1S/C13H23NO5/c1-5-6-10(15)14-9(12(17)18)7-8-11(16)19-13(2,3)4/h9H,5-8H2,1-4H3,(H,14,15)(H,17,18)/t9-/m1/s1. The van der Waals surface area contributed by atoms with Crippen LogP contribution in [-0.4, -0.2) is 34.6 Å². The van der Waals surface area contributed by atoms with Crippen molar-refractivity contribution in [1.82, 2.24) is 5.32 Å². The number of rotatable bonds is 7. The van der Waals surface area contributed by atoms with Gasteiger partial charge < -0.3 is 15.2 Å². The van der Waals surface area contributed by atoms with Crippen LogP contribution in [-0.2, 0) is 19.1 Å². The third-order valence-electron chi connectivity index (χ3n) is 2.17. The molecule has 6 nitrogen and oxygen atoms in total. The van der Waals surface area contributed by atoms with E-state index < -0.39 is 23.6 Å². The lowest BCUT2D eigenvalue weighted by atomic mass is 10.1. The van der Waals surface area contributed by atoms with E-state index in [4.69, 9.17) is 9.84 Å². The maximum Gasteiger partial charge on any atom is 0.326 e. The van der Waals surface area contributed by atoms with E-state index in [-0.39, 0.29) is 25.2 Å². The van der Waals surface area contributed by atoms with Crippen molar-refractivity contribution in [2.45, 2.75) is 65.0 Å². The number of carboxylic acid groups (broad SMARTS) is 1. The van der Waals surface area contributed by atoms with Gasteiger partial charge in [-0.1, -0.05) is 6.92 Å². The van der Waals surface area contributed by atoms with Gasteiger partial charge in [-0.3, -0.25) is 9.59 Å². The third kappa shape index (κ3) is 9.04. The van der Waals surface area contributed by atoms with Crippen molar-refractivity contribution in [1.29, 1.82) is 0 Å². The summed E-state index contributed by atoms with van der Waals surface area (Å²) >= 11 is 0. The SMILES string of the molecule is CCCC(=O)N[C@H](CCC(=O)OC(C)(C)C)C(=O)O. The fourth-order valence-electron chi connectivity index (χ4n) is 1.41. The van der Waals surface area contributed by atoms with Gasteiger partial charge in [0.15, 0.2) is 0 Å². The highest BCUT2D eigenvalue weighted by Crippen LogP contribution is 2.10. The molecule has 2 N–H and O–H groups in total. The largest absolute Gasteiger partial charge is 0.480 e. The summed E-state index contributed by atoms with van der Waals surface area (Å²) in [4.78, 5) is 33.8.